The summed E-state index contributed by atoms with van der Waals surface area (Å²) < 4.78 is 14.1. The Bertz CT molecular complexity index is 1360. The number of carbonyl (C=O) groups is 1. The number of alkyl carbamates (subject to hydrolysis) is 1. The molecule has 0 fully saturated rings. The average molecular weight is 521 g/mol. The SMILES string of the molecule is CC/C(=C\N=C(C)c1cccc(Cn2nc(-c3cnn(C)c3)ccc2=O)c1)OCCNC(=O)OC(C)(C)C. The van der Waals surface area contributed by atoms with E-state index in [1.54, 1.807) is 23.1 Å². The smallest absolute Gasteiger partial charge is 0.407 e. The fourth-order valence-corrected chi connectivity index (χ4v) is 3.46. The van der Waals surface area contributed by atoms with Crippen molar-refractivity contribution in [1.82, 2.24) is 24.9 Å². The molecule has 1 aromatic carbocycles. The lowest BCUT2D eigenvalue weighted by molar-refractivity contribution is 0.0512. The summed E-state index contributed by atoms with van der Waals surface area (Å²) in [6, 6.07) is 11.1. The molecule has 0 radical (unpaired) electrons. The molecule has 3 rings (SSSR count). The van der Waals surface area contributed by atoms with Crippen molar-refractivity contribution in [2.45, 2.75) is 53.2 Å². The van der Waals surface area contributed by atoms with Crippen LogP contribution < -0.4 is 10.9 Å². The zero-order valence-corrected chi connectivity index (χ0v) is 22.9. The number of hydrogen-bond donors (Lipinski definition) is 1. The van der Waals surface area contributed by atoms with E-state index in [-0.39, 0.29) is 5.56 Å². The van der Waals surface area contributed by atoms with Crippen LogP contribution in [0, 0.1) is 0 Å². The van der Waals surface area contributed by atoms with E-state index >= 15 is 0 Å². The highest BCUT2D eigenvalue weighted by Crippen LogP contribution is 2.14. The van der Waals surface area contributed by atoms with Crippen LogP contribution in [0.4, 0.5) is 4.79 Å². The molecule has 2 heterocycles. The third-order valence-electron chi connectivity index (χ3n) is 5.35. The number of benzene rings is 1. The lowest BCUT2D eigenvalue weighted by Crippen LogP contribution is -2.34. The number of hydrogen-bond acceptors (Lipinski definition) is 7. The Morgan fingerprint density at radius 2 is 2.00 bits per heavy atom. The standard InChI is InChI=1S/C28H36N6O4/c1-7-24(37-14-13-29-27(36)38-28(3,4)5)17-30-20(2)22-10-8-9-21(15-22)18-34-26(35)12-11-25(32-34)23-16-31-33(6)19-23/h8-12,15-17,19H,7,13-14,18H2,1-6H3,(H,29,36)/b24-17+,30-20?. The highest BCUT2D eigenvalue weighted by Gasteiger charge is 2.15. The number of nitrogens with one attached hydrogen (secondary N) is 1. The zero-order chi connectivity index (χ0) is 27.7. The van der Waals surface area contributed by atoms with Crippen LogP contribution in [0.5, 0.6) is 0 Å². The summed E-state index contributed by atoms with van der Waals surface area (Å²) in [5, 5.41) is 11.4. The van der Waals surface area contributed by atoms with Gasteiger partial charge in [0.15, 0.2) is 0 Å². The lowest BCUT2D eigenvalue weighted by Gasteiger charge is -2.19. The van der Waals surface area contributed by atoms with E-state index in [0.717, 1.165) is 22.4 Å². The van der Waals surface area contributed by atoms with Crippen molar-refractivity contribution in [2.75, 3.05) is 13.2 Å². The highest BCUT2D eigenvalue weighted by atomic mass is 16.6. The van der Waals surface area contributed by atoms with Gasteiger partial charge in [-0.2, -0.15) is 10.2 Å². The predicted molar refractivity (Wildman–Crippen MR) is 147 cm³/mol. The van der Waals surface area contributed by atoms with Gasteiger partial charge < -0.3 is 14.8 Å². The normalized spacial score (nSPS) is 12.4. The zero-order valence-electron chi connectivity index (χ0n) is 22.9. The molecule has 0 aliphatic rings. The molecule has 0 aliphatic heterocycles. The second kappa shape index (κ2) is 12.8. The van der Waals surface area contributed by atoms with Crippen molar-refractivity contribution in [1.29, 1.82) is 0 Å². The number of nitrogens with zero attached hydrogens (tertiary/aromatic N) is 5. The number of carbonyl (C=O) groups excluding carboxylic acids is 1. The molecule has 0 bridgehead atoms. The van der Waals surface area contributed by atoms with Crippen molar-refractivity contribution in [3.63, 3.8) is 0 Å². The lowest BCUT2D eigenvalue weighted by atomic mass is 10.1. The van der Waals surface area contributed by atoms with Gasteiger partial charge in [-0.3, -0.25) is 14.5 Å². The number of amides is 1. The topological polar surface area (TPSA) is 113 Å². The molecule has 1 N–H and O–H groups in total. The molecule has 202 valence electrons. The maximum Gasteiger partial charge on any atom is 0.407 e. The van der Waals surface area contributed by atoms with E-state index in [9.17, 15) is 9.59 Å². The van der Waals surface area contributed by atoms with Gasteiger partial charge in [-0.15, -0.1) is 0 Å². The van der Waals surface area contributed by atoms with Gasteiger partial charge in [-0.05, 0) is 51.0 Å². The molecule has 0 saturated carbocycles. The fraction of sp³-hybridized carbons (Fsp3) is 0.393. The van der Waals surface area contributed by atoms with Crippen LogP contribution in [0.15, 0.2) is 70.5 Å². The molecule has 38 heavy (non-hydrogen) atoms. The highest BCUT2D eigenvalue weighted by molar-refractivity contribution is 5.99. The van der Waals surface area contributed by atoms with E-state index in [0.29, 0.717) is 37.6 Å². The molecule has 10 heteroatoms. The van der Waals surface area contributed by atoms with Crippen molar-refractivity contribution in [2.24, 2.45) is 12.0 Å². The average Bonchev–Trinajstić information content (AvgIpc) is 3.30. The maximum atomic E-state index is 12.5. The summed E-state index contributed by atoms with van der Waals surface area (Å²) in [5.74, 6) is 0.703. The van der Waals surface area contributed by atoms with Gasteiger partial charge in [0.05, 0.1) is 31.2 Å². The van der Waals surface area contributed by atoms with Gasteiger partial charge in [0.1, 0.15) is 18.0 Å². The number of aromatic nitrogens is 4. The van der Waals surface area contributed by atoms with E-state index in [2.05, 4.69) is 20.5 Å². The fourth-order valence-electron chi connectivity index (χ4n) is 3.46. The summed E-state index contributed by atoms with van der Waals surface area (Å²) >= 11 is 0. The molecule has 0 spiro atoms. The molecule has 0 unspecified atom stereocenters. The third kappa shape index (κ3) is 8.72. The third-order valence-corrected chi connectivity index (χ3v) is 5.35. The van der Waals surface area contributed by atoms with Gasteiger partial charge in [0.25, 0.3) is 5.56 Å². The van der Waals surface area contributed by atoms with Gasteiger partial charge >= 0.3 is 6.09 Å². The minimum absolute atomic E-state index is 0.178. The van der Waals surface area contributed by atoms with Gasteiger partial charge in [0.2, 0.25) is 0 Å². The molecular formula is C28H36N6O4. The van der Waals surface area contributed by atoms with Crippen LogP contribution >= 0.6 is 0 Å². The summed E-state index contributed by atoms with van der Waals surface area (Å²) in [6.45, 7) is 10.3. The van der Waals surface area contributed by atoms with Crippen molar-refractivity contribution < 1.29 is 14.3 Å². The monoisotopic (exact) mass is 520 g/mol. The molecular weight excluding hydrogens is 484 g/mol. The molecule has 10 nitrogen and oxygen atoms in total. The van der Waals surface area contributed by atoms with Crippen LogP contribution in [0.1, 0.15) is 52.2 Å². The Morgan fingerprint density at radius 3 is 2.68 bits per heavy atom. The largest absolute Gasteiger partial charge is 0.495 e. The summed E-state index contributed by atoms with van der Waals surface area (Å²) in [6.07, 6.45) is 5.45. The van der Waals surface area contributed by atoms with E-state index in [1.807, 2.05) is 72.1 Å². The van der Waals surface area contributed by atoms with Gasteiger partial charge in [-0.25, -0.2) is 9.48 Å². The summed E-state index contributed by atoms with van der Waals surface area (Å²) in [5.41, 5.74) is 3.47. The Kier molecular flexibility index (Phi) is 9.59. The van der Waals surface area contributed by atoms with Crippen LogP contribution in [-0.2, 0) is 23.1 Å². The molecule has 1 amide bonds. The van der Waals surface area contributed by atoms with E-state index in [1.165, 1.54) is 10.7 Å². The number of aryl methyl sites for hydroxylation is 1. The maximum absolute atomic E-state index is 12.5. The summed E-state index contributed by atoms with van der Waals surface area (Å²) in [4.78, 5) is 28.8. The van der Waals surface area contributed by atoms with E-state index in [4.69, 9.17) is 9.47 Å². The first-order valence-electron chi connectivity index (χ1n) is 12.5. The van der Waals surface area contributed by atoms with Crippen molar-refractivity contribution in [3.8, 4) is 11.3 Å². The minimum Gasteiger partial charge on any atom is -0.495 e. The molecule has 3 aromatic rings. The second-order valence-corrected chi connectivity index (χ2v) is 9.76. The van der Waals surface area contributed by atoms with Gasteiger partial charge in [-0.1, -0.05) is 25.1 Å². The first-order valence-corrected chi connectivity index (χ1v) is 12.5. The molecule has 0 saturated heterocycles. The Hall–Kier alpha value is -4.21. The number of allylic oxidation sites excluding steroid dienone is 1. The van der Waals surface area contributed by atoms with Crippen molar-refractivity contribution in [3.05, 3.63) is 82.2 Å². The Balaban J connectivity index is 1.63. The van der Waals surface area contributed by atoms with Crippen LogP contribution in [0.3, 0.4) is 0 Å². The quantitative estimate of drug-likeness (QED) is 0.242. The Labute approximate surface area is 223 Å². The number of aliphatic imine (C=N–C) groups is 1. The summed E-state index contributed by atoms with van der Waals surface area (Å²) in [7, 11) is 1.84. The van der Waals surface area contributed by atoms with Crippen LogP contribution in [0.2, 0.25) is 0 Å². The number of ether oxygens (including phenoxy) is 2. The number of rotatable bonds is 10. The first kappa shape index (κ1) is 28.4. The predicted octanol–water partition coefficient (Wildman–Crippen LogP) is 4.29. The van der Waals surface area contributed by atoms with Gasteiger partial charge in [0, 0.05) is 37.0 Å². The second-order valence-electron chi connectivity index (χ2n) is 9.76. The molecule has 0 atom stereocenters. The van der Waals surface area contributed by atoms with Crippen LogP contribution in [0.25, 0.3) is 11.3 Å². The molecule has 0 aliphatic carbocycles. The van der Waals surface area contributed by atoms with Crippen LogP contribution in [-0.4, -0.2) is 50.1 Å². The Morgan fingerprint density at radius 1 is 1.21 bits per heavy atom. The first-order chi connectivity index (χ1) is 18.0. The molecule has 2 aromatic heterocycles. The minimum atomic E-state index is -0.542. The van der Waals surface area contributed by atoms with E-state index < -0.39 is 11.7 Å². The van der Waals surface area contributed by atoms with Crippen molar-refractivity contribution >= 4 is 11.8 Å².